The van der Waals surface area contributed by atoms with Crippen molar-refractivity contribution in [2.45, 2.75) is 25.9 Å². The van der Waals surface area contributed by atoms with Gasteiger partial charge in [0.05, 0.1) is 30.0 Å². The van der Waals surface area contributed by atoms with Crippen LogP contribution in [0.1, 0.15) is 41.0 Å². The monoisotopic (exact) mass is 323 g/mol. The van der Waals surface area contributed by atoms with E-state index in [0.717, 1.165) is 17.7 Å². The van der Waals surface area contributed by atoms with Gasteiger partial charge in [0.1, 0.15) is 0 Å². The first kappa shape index (κ1) is 16.0. The fraction of sp³-hybridized carbons (Fsp3) is 0.278. The number of amides is 1. The van der Waals surface area contributed by atoms with E-state index in [1.165, 1.54) is 0 Å². The summed E-state index contributed by atoms with van der Waals surface area (Å²) >= 11 is 0. The number of carbonyl (C=O) groups is 1. The van der Waals surface area contributed by atoms with Gasteiger partial charge in [-0.3, -0.25) is 14.2 Å². The molecule has 2 heterocycles. The highest BCUT2D eigenvalue weighted by molar-refractivity contribution is 5.93. The molecule has 1 amide bonds. The van der Waals surface area contributed by atoms with E-state index < -0.39 is 0 Å². The maximum absolute atomic E-state index is 12.5. The van der Waals surface area contributed by atoms with Crippen LogP contribution >= 0.6 is 0 Å². The molecule has 0 saturated heterocycles. The topological polar surface area (TPSA) is 64.7 Å². The van der Waals surface area contributed by atoms with Crippen molar-refractivity contribution in [1.29, 1.82) is 0 Å². The highest BCUT2D eigenvalue weighted by Gasteiger charge is 2.17. The Balaban J connectivity index is 1.68. The number of hydrogen-bond donors (Lipinski definition) is 1. The molecule has 6 heteroatoms. The van der Waals surface area contributed by atoms with Gasteiger partial charge in [-0.15, -0.1) is 0 Å². The normalized spacial score (nSPS) is 12.1. The van der Waals surface area contributed by atoms with Crippen molar-refractivity contribution >= 4 is 5.91 Å². The number of nitrogens with one attached hydrogen (secondary N) is 1. The summed E-state index contributed by atoms with van der Waals surface area (Å²) in [6.45, 7) is 2.68. The smallest absolute Gasteiger partial charge is 0.255 e. The van der Waals surface area contributed by atoms with Gasteiger partial charge in [-0.25, -0.2) is 0 Å². The summed E-state index contributed by atoms with van der Waals surface area (Å²) in [7, 11) is 1.88. The largest absolute Gasteiger partial charge is 0.344 e. The predicted octanol–water partition coefficient (Wildman–Crippen LogP) is 2.55. The molecule has 0 spiro atoms. The number of aromatic nitrogens is 4. The number of aryl methyl sites for hydroxylation is 1. The lowest BCUT2D eigenvalue weighted by atomic mass is 10.1. The van der Waals surface area contributed by atoms with E-state index in [2.05, 4.69) is 15.5 Å². The maximum atomic E-state index is 12.5. The number of rotatable bonds is 6. The molecular weight excluding hydrogens is 302 g/mol. The van der Waals surface area contributed by atoms with E-state index in [0.29, 0.717) is 12.1 Å². The highest BCUT2D eigenvalue weighted by atomic mass is 16.1. The minimum Gasteiger partial charge on any atom is -0.344 e. The van der Waals surface area contributed by atoms with Crippen molar-refractivity contribution in [1.82, 2.24) is 24.9 Å². The Morgan fingerprint density at radius 3 is 2.67 bits per heavy atom. The van der Waals surface area contributed by atoms with Crippen molar-refractivity contribution in [3.05, 3.63) is 71.8 Å². The van der Waals surface area contributed by atoms with Crippen molar-refractivity contribution < 1.29 is 4.79 Å². The zero-order valence-electron chi connectivity index (χ0n) is 13.9. The van der Waals surface area contributed by atoms with Gasteiger partial charge < -0.3 is 5.32 Å². The van der Waals surface area contributed by atoms with Crippen molar-refractivity contribution in [2.24, 2.45) is 7.05 Å². The van der Waals surface area contributed by atoms with Crippen LogP contribution < -0.4 is 5.32 Å². The molecule has 1 atom stereocenters. The second kappa shape index (κ2) is 7.12. The Morgan fingerprint density at radius 2 is 2.00 bits per heavy atom. The Kier molecular flexibility index (Phi) is 4.74. The molecule has 0 aliphatic rings. The highest BCUT2D eigenvalue weighted by Crippen LogP contribution is 2.16. The molecule has 1 N–H and O–H groups in total. The summed E-state index contributed by atoms with van der Waals surface area (Å²) in [5.74, 6) is -0.123. The van der Waals surface area contributed by atoms with Gasteiger partial charge in [0.25, 0.3) is 5.91 Å². The van der Waals surface area contributed by atoms with Crippen molar-refractivity contribution in [3.63, 3.8) is 0 Å². The number of nitrogens with zero attached hydrogens (tertiary/aromatic N) is 4. The molecular formula is C18H21N5O. The molecule has 0 unspecified atom stereocenters. The molecule has 24 heavy (non-hydrogen) atoms. The third kappa shape index (κ3) is 3.53. The lowest BCUT2D eigenvalue weighted by Gasteiger charge is -2.16. The molecule has 1 aromatic carbocycles. The van der Waals surface area contributed by atoms with Gasteiger partial charge >= 0.3 is 0 Å². The summed E-state index contributed by atoms with van der Waals surface area (Å²) in [5.41, 5.74) is 2.70. The zero-order valence-corrected chi connectivity index (χ0v) is 13.9. The fourth-order valence-electron chi connectivity index (χ4n) is 2.69. The van der Waals surface area contributed by atoms with Gasteiger partial charge in [0, 0.05) is 19.4 Å². The molecule has 0 fully saturated rings. The minimum atomic E-state index is -0.123. The summed E-state index contributed by atoms with van der Waals surface area (Å²) < 4.78 is 3.56. The molecule has 6 nitrogen and oxygen atoms in total. The second-order valence-electron chi connectivity index (χ2n) is 5.73. The van der Waals surface area contributed by atoms with E-state index in [1.807, 2.05) is 50.4 Å². The van der Waals surface area contributed by atoms with Crippen LogP contribution in [-0.4, -0.2) is 25.5 Å². The quantitative estimate of drug-likeness (QED) is 0.758. The summed E-state index contributed by atoms with van der Waals surface area (Å²) in [6, 6.07) is 11.9. The van der Waals surface area contributed by atoms with Crippen molar-refractivity contribution in [3.8, 4) is 0 Å². The minimum absolute atomic E-state index is 0.0672. The predicted molar refractivity (Wildman–Crippen MR) is 91.5 cm³/mol. The molecule has 0 aliphatic carbocycles. The Labute approximate surface area is 141 Å². The summed E-state index contributed by atoms with van der Waals surface area (Å²) in [6.07, 6.45) is 5.91. The van der Waals surface area contributed by atoms with Gasteiger partial charge in [-0.1, -0.05) is 37.3 Å². The molecule has 0 radical (unpaired) electrons. The molecule has 0 saturated carbocycles. The van der Waals surface area contributed by atoms with E-state index >= 15 is 0 Å². The first-order valence-corrected chi connectivity index (χ1v) is 8.02. The van der Waals surface area contributed by atoms with E-state index in [1.54, 1.807) is 28.0 Å². The van der Waals surface area contributed by atoms with Crippen LogP contribution in [-0.2, 0) is 13.6 Å². The van der Waals surface area contributed by atoms with Crippen molar-refractivity contribution in [2.75, 3.05) is 0 Å². The van der Waals surface area contributed by atoms with Crippen LogP contribution in [0.2, 0.25) is 0 Å². The fourth-order valence-corrected chi connectivity index (χ4v) is 2.69. The van der Waals surface area contributed by atoms with Gasteiger partial charge in [0.2, 0.25) is 0 Å². The number of benzene rings is 1. The standard InChI is InChI=1S/C18H21N5O/c1-3-16(17-9-10-19-22(17)2)21-18(24)15-11-20-23(13-15)12-14-7-5-4-6-8-14/h4-11,13,16H,3,12H2,1-2H3,(H,21,24)/t16-/m1/s1. The molecule has 0 aliphatic heterocycles. The first-order chi connectivity index (χ1) is 11.7. The summed E-state index contributed by atoms with van der Waals surface area (Å²) in [4.78, 5) is 12.5. The van der Waals surface area contributed by atoms with Gasteiger partial charge in [-0.2, -0.15) is 10.2 Å². The van der Waals surface area contributed by atoms with Crippen LogP contribution in [0.5, 0.6) is 0 Å². The summed E-state index contributed by atoms with van der Waals surface area (Å²) in [5, 5.41) is 11.5. The van der Waals surface area contributed by atoms with E-state index in [4.69, 9.17) is 0 Å². The molecule has 3 aromatic rings. The van der Waals surface area contributed by atoms with Crippen LogP contribution in [0.25, 0.3) is 0 Å². The second-order valence-corrected chi connectivity index (χ2v) is 5.73. The molecule has 124 valence electrons. The molecule has 3 rings (SSSR count). The number of carbonyl (C=O) groups excluding carboxylic acids is 1. The lowest BCUT2D eigenvalue weighted by Crippen LogP contribution is -2.29. The first-order valence-electron chi connectivity index (χ1n) is 8.02. The average Bonchev–Trinajstić information content (AvgIpc) is 3.23. The van der Waals surface area contributed by atoms with Crippen LogP contribution in [0.4, 0.5) is 0 Å². The van der Waals surface area contributed by atoms with Crippen LogP contribution in [0.3, 0.4) is 0 Å². The van der Waals surface area contributed by atoms with E-state index in [9.17, 15) is 4.79 Å². The Morgan fingerprint density at radius 1 is 1.21 bits per heavy atom. The lowest BCUT2D eigenvalue weighted by molar-refractivity contribution is 0.0934. The Bertz CT molecular complexity index is 806. The molecule has 2 aromatic heterocycles. The SMILES string of the molecule is CC[C@@H](NC(=O)c1cnn(Cc2ccccc2)c1)c1ccnn1C. The third-order valence-electron chi connectivity index (χ3n) is 4.01. The average molecular weight is 323 g/mol. The Hall–Kier alpha value is -2.89. The third-order valence-corrected chi connectivity index (χ3v) is 4.01. The van der Waals surface area contributed by atoms with E-state index in [-0.39, 0.29) is 11.9 Å². The van der Waals surface area contributed by atoms with Crippen LogP contribution in [0, 0.1) is 0 Å². The molecule has 0 bridgehead atoms. The zero-order chi connectivity index (χ0) is 16.9. The van der Waals surface area contributed by atoms with Gasteiger partial charge in [-0.05, 0) is 18.1 Å². The number of hydrogen-bond acceptors (Lipinski definition) is 3. The maximum Gasteiger partial charge on any atom is 0.255 e. The van der Waals surface area contributed by atoms with Crippen LogP contribution in [0.15, 0.2) is 55.0 Å². The van der Waals surface area contributed by atoms with Gasteiger partial charge in [0.15, 0.2) is 0 Å².